The lowest BCUT2D eigenvalue weighted by atomic mass is 10.1. The van der Waals surface area contributed by atoms with Crippen molar-refractivity contribution in [2.75, 3.05) is 19.8 Å². The Morgan fingerprint density at radius 2 is 1.87 bits per heavy atom. The number of unbranched alkanes of at least 4 members (excludes halogenated alkanes) is 3. The Balaban J connectivity index is 3.40. The largest absolute Gasteiger partial charge is 0.465 e. The van der Waals surface area contributed by atoms with Crippen LogP contribution in [0.1, 0.15) is 39.0 Å². The summed E-state index contributed by atoms with van der Waals surface area (Å²) in [6, 6.07) is 0. The molecule has 0 bridgehead atoms. The van der Waals surface area contributed by atoms with E-state index in [2.05, 4.69) is 6.92 Å². The van der Waals surface area contributed by atoms with Gasteiger partial charge in [-0.05, 0) is 6.42 Å². The van der Waals surface area contributed by atoms with Crippen LogP contribution in [0, 0.1) is 5.92 Å². The second kappa shape index (κ2) is 9.93. The number of aliphatic hydroxyl groups excluding tert-OH is 2. The van der Waals surface area contributed by atoms with Gasteiger partial charge < -0.3 is 14.9 Å². The van der Waals surface area contributed by atoms with Gasteiger partial charge in [0.05, 0.1) is 19.8 Å². The standard InChI is InChI=1S/C11H22O4/c1-2-3-4-5-6-11(14)15-9-10(7-12)8-13/h10,12-13H,2-9H2,1H3. The highest BCUT2D eigenvalue weighted by Gasteiger charge is 2.09. The van der Waals surface area contributed by atoms with Crippen molar-refractivity contribution in [1.82, 2.24) is 0 Å². The molecule has 0 aliphatic rings. The first kappa shape index (κ1) is 14.4. The summed E-state index contributed by atoms with van der Waals surface area (Å²) in [5.74, 6) is -0.581. The van der Waals surface area contributed by atoms with Crippen LogP contribution in [0.15, 0.2) is 0 Å². The molecule has 0 saturated heterocycles. The van der Waals surface area contributed by atoms with Crippen LogP contribution in [0.5, 0.6) is 0 Å². The molecular formula is C11H22O4. The lowest BCUT2D eigenvalue weighted by Gasteiger charge is -2.11. The quantitative estimate of drug-likeness (QED) is 0.449. The Morgan fingerprint density at radius 1 is 1.20 bits per heavy atom. The molecule has 90 valence electrons. The maximum atomic E-state index is 11.2. The molecule has 0 heterocycles. The minimum atomic E-state index is -0.343. The first-order valence-electron chi connectivity index (χ1n) is 5.61. The summed E-state index contributed by atoms with van der Waals surface area (Å²) >= 11 is 0. The van der Waals surface area contributed by atoms with Crippen molar-refractivity contribution in [3.05, 3.63) is 0 Å². The van der Waals surface area contributed by atoms with Crippen LogP contribution in [0.2, 0.25) is 0 Å². The summed E-state index contributed by atoms with van der Waals surface area (Å²) in [4.78, 5) is 11.2. The van der Waals surface area contributed by atoms with E-state index in [-0.39, 0.29) is 31.7 Å². The van der Waals surface area contributed by atoms with Crippen molar-refractivity contribution in [3.8, 4) is 0 Å². The zero-order chi connectivity index (χ0) is 11.5. The summed E-state index contributed by atoms with van der Waals surface area (Å²) in [5.41, 5.74) is 0. The first-order valence-corrected chi connectivity index (χ1v) is 5.61. The Morgan fingerprint density at radius 3 is 2.40 bits per heavy atom. The molecule has 0 aliphatic heterocycles. The van der Waals surface area contributed by atoms with Crippen molar-refractivity contribution >= 4 is 5.97 Å². The van der Waals surface area contributed by atoms with Crippen LogP contribution in [0.25, 0.3) is 0 Å². The molecular weight excluding hydrogens is 196 g/mol. The summed E-state index contributed by atoms with van der Waals surface area (Å²) in [7, 11) is 0. The second-order valence-electron chi connectivity index (χ2n) is 3.72. The van der Waals surface area contributed by atoms with Crippen molar-refractivity contribution in [2.24, 2.45) is 5.92 Å². The molecule has 0 saturated carbocycles. The number of esters is 1. The Labute approximate surface area is 91.3 Å². The van der Waals surface area contributed by atoms with Gasteiger partial charge in [0.2, 0.25) is 0 Å². The number of ether oxygens (including phenoxy) is 1. The molecule has 0 aromatic carbocycles. The summed E-state index contributed by atoms with van der Waals surface area (Å²) < 4.78 is 4.91. The van der Waals surface area contributed by atoms with Crippen LogP contribution in [0.4, 0.5) is 0 Å². The van der Waals surface area contributed by atoms with Crippen LogP contribution >= 0.6 is 0 Å². The molecule has 15 heavy (non-hydrogen) atoms. The van der Waals surface area contributed by atoms with Crippen molar-refractivity contribution in [3.63, 3.8) is 0 Å². The van der Waals surface area contributed by atoms with Gasteiger partial charge in [-0.15, -0.1) is 0 Å². The number of carbonyl (C=O) groups excluding carboxylic acids is 1. The van der Waals surface area contributed by atoms with E-state index >= 15 is 0 Å². The molecule has 0 amide bonds. The third-order valence-corrected chi connectivity index (χ3v) is 2.23. The van der Waals surface area contributed by atoms with E-state index in [1.54, 1.807) is 0 Å². The van der Waals surface area contributed by atoms with E-state index < -0.39 is 0 Å². The van der Waals surface area contributed by atoms with Gasteiger partial charge in [0, 0.05) is 12.3 Å². The lowest BCUT2D eigenvalue weighted by molar-refractivity contribution is -0.146. The highest BCUT2D eigenvalue weighted by Crippen LogP contribution is 2.04. The predicted molar refractivity (Wildman–Crippen MR) is 57.4 cm³/mol. The molecule has 0 atom stereocenters. The zero-order valence-electron chi connectivity index (χ0n) is 9.45. The fourth-order valence-corrected chi connectivity index (χ4v) is 1.14. The molecule has 0 aliphatic carbocycles. The lowest BCUT2D eigenvalue weighted by Crippen LogP contribution is -2.20. The van der Waals surface area contributed by atoms with E-state index in [9.17, 15) is 4.79 Å². The molecule has 0 spiro atoms. The molecule has 0 radical (unpaired) electrons. The summed E-state index contributed by atoms with van der Waals surface area (Å²) in [6.45, 7) is 1.92. The number of rotatable bonds is 9. The molecule has 4 heteroatoms. The molecule has 0 rings (SSSR count). The van der Waals surface area contributed by atoms with Crippen LogP contribution in [-0.2, 0) is 9.53 Å². The molecule has 4 nitrogen and oxygen atoms in total. The maximum Gasteiger partial charge on any atom is 0.305 e. The molecule has 0 fully saturated rings. The minimum Gasteiger partial charge on any atom is -0.465 e. The fraction of sp³-hybridized carbons (Fsp3) is 0.909. The Kier molecular flexibility index (Phi) is 9.52. The SMILES string of the molecule is CCCCCCC(=O)OCC(CO)CO. The van der Waals surface area contributed by atoms with Crippen LogP contribution in [0.3, 0.4) is 0 Å². The number of hydrogen-bond acceptors (Lipinski definition) is 4. The number of carbonyl (C=O) groups is 1. The topological polar surface area (TPSA) is 66.8 Å². The number of aliphatic hydroxyl groups is 2. The predicted octanol–water partition coefficient (Wildman–Crippen LogP) is 1.10. The van der Waals surface area contributed by atoms with E-state index in [1.165, 1.54) is 0 Å². The molecule has 0 aromatic rings. The van der Waals surface area contributed by atoms with E-state index in [4.69, 9.17) is 14.9 Å². The van der Waals surface area contributed by atoms with Crippen molar-refractivity contribution in [1.29, 1.82) is 0 Å². The number of hydrogen-bond donors (Lipinski definition) is 2. The average molecular weight is 218 g/mol. The van der Waals surface area contributed by atoms with Gasteiger partial charge in [0.15, 0.2) is 0 Å². The van der Waals surface area contributed by atoms with Crippen LogP contribution in [-0.4, -0.2) is 36.0 Å². The fourth-order valence-electron chi connectivity index (χ4n) is 1.14. The van der Waals surface area contributed by atoms with Crippen LogP contribution < -0.4 is 0 Å². The van der Waals surface area contributed by atoms with E-state index in [0.29, 0.717) is 6.42 Å². The van der Waals surface area contributed by atoms with Gasteiger partial charge >= 0.3 is 5.97 Å². The van der Waals surface area contributed by atoms with Gasteiger partial charge in [-0.2, -0.15) is 0 Å². The summed E-state index contributed by atoms with van der Waals surface area (Å²) in [5, 5.41) is 17.5. The van der Waals surface area contributed by atoms with Crippen molar-refractivity contribution < 1.29 is 19.7 Å². The minimum absolute atomic E-state index is 0.111. The Bertz CT molecular complexity index is 155. The van der Waals surface area contributed by atoms with Gasteiger partial charge in [-0.3, -0.25) is 4.79 Å². The molecule has 0 aromatic heterocycles. The highest BCUT2D eigenvalue weighted by atomic mass is 16.5. The van der Waals surface area contributed by atoms with Gasteiger partial charge in [-0.25, -0.2) is 0 Å². The average Bonchev–Trinajstić information content (AvgIpc) is 2.26. The third-order valence-electron chi connectivity index (χ3n) is 2.23. The molecule has 0 unspecified atom stereocenters. The normalized spacial score (nSPS) is 10.7. The third kappa shape index (κ3) is 8.39. The van der Waals surface area contributed by atoms with Crippen molar-refractivity contribution in [2.45, 2.75) is 39.0 Å². The smallest absolute Gasteiger partial charge is 0.305 e. The van der Waals surface area contributed by atoms with Gasteiger partial charge in [0.1, 0.15) is 0 Å². The first-order chi connectivity index (χ1) is 7.24. The monoisotopic (exact) mass is 218 g/mol. The maximum absolute atomic E-state index is 11.2. The van der Waals surface area contributed by atoms with E-state index in [0.717, 1.165) is 25.7 Å². The highest BCUT2D eigenvalue weighted by molar-refractivity contribution is 5.69. The van der Waals surface area contributed by atoms with Gasteiger partial charge in [0.25, 0.3) is 0 Å². The zero-order valence-corrected chi connectivity index (χ0v) is 9.45. The molecule has 2 N–H and O–H groups in total. The summed E-state index contributed by atoms with van der Waals surface area (Å²) in [6.07, 6.45) is 4.63. The van der Waals surface area contributed by atoms with E-state index in [1.807, 2.05) is 0 Å². The van der Waals surface area contributed by atoms with Gasteiger partial charge in [-0.1, -0.05) is 26.2 Å². The second-order valence-corrected chi connectivity index (χ2v) is 3.72. The Hall–Kier alpha value is -0.610.